The summed E-state index contributed by atoms with van der Waals surface area (Å²) in [6.45, 7) is 7.21. The standard InChI is InChI=1S/C13H19F3N4O2/c1-8(18-11(21)22-12(2,3)4)7-17-10-6-5-9(19-20-10)13(14,15)16/h5-6,8H,7H2,1-4H3,(H,17,20)(H,18,21)/t8-/m1/s1. The molecule has 1 atom stereocenters. The van der Waals surface area contributed by atoms with Crippen LogP contribution in [-0.2, 0) is 10.9 Å². The van der Waals surface area contributed by atoms with Crippen molar-refractivity contribution in [1.29, 1.82) is 0 Å². The summed E-state index contributed by atoms with van der Waals surface area (Å²) in [4.78, 5) is 11.5. The summed E-state index contributed by atoms with van der Waals surface area (Å²) in [6, 6.07) is 1.70. The van der Waals surface area contributed by atoms with Gasteiger partial charge >= 0.3 is 12.3 Å². The number of anilines is 1. The monoisotopic (exact) mass is 320 g/mol. The number of carbonyl (C=O) groups is 1. The number of nitrogens with zero attached hydrogens (tertiary/aromatic N) is 2. The van der Waals surface area contributed by atoms with Gasteiger partial charge in [-0.05, 0) is 39.8 Å². The minimum Gasteiger partial charge on any atom is -0.444 e. The lowest BCUT2D eigenvalue weighted by atomic mass is 10.2. The Bertz CT molecular complexity index is 497. The first kappa shape index (κ1) is 18.0. The van der Waals surface area contributed by atoms with Gasteiger partial charge in [-0.3, -0.25) is 0 Å². The van der Waals surface area contributed by atoms with Gasteiger partial charge in [0.2, 0.25) is 0 Å². The zero-order valence-corrected chi connectivity index (χ0v) is 12.8. The van der Waals surface area contributed by atoms with Crippen molar-refractivity contribution in [2.75, 3.05) is 11.9 Å². The van der Waals surface area contributed by atoms with E-state index in [2.05, 4.69) is 20.8 Å². The van der Waals surface area contributed by atoms with E-state index in [1.54, 1.807) is 27.7 Å². The molecular weight excluding hydrogens is 301 g/mol. The largest absolute Gasteiger partial charge is 0.444 e. The highest BCUT2D eigenvalue weighted by Crippen LogP contribution is 2.26. The van der Waals surface area contributed by atoms with Crippen LogP contribution in [0, 0.1) is 0 Å². The molecule has 1 aromatic rings. The van der Waals surface area contributed by atoms with E-state index in [0.29, 0.717) is 0 Å². The van der Waals surface area contributed by atoms with Gasteiger partial charge in [0.25, 0.3) is 0 Å². The van der Waals surface area contributed by atoms with Gasteiger partial charge in [0.05, 0.1) is 0 Å². The van der Waals surface area contributed by atoms with Gasteiger partial charge in [-0.2, -0.15) is 13.2 Å². The van der Waals surface area contributed by atoms with Crippen LogP contribution in [0.5, 0.6) is 0 Å². The van der Waals surface area contributed by atoms with Gasteiger partial charge in [0.1, 0.15) is 11.4 Å². The van der Waals surface area contributed by atoms with Crippen LogP contribution >= 0.6 is 0 Å². The summed E-state index contributed by atoms with van der Waals surface area (Å²) in [7, 11) is 0. The number of rotatable bonds is 4. The quantitative estimate of drug-likeness (QED) is 0.892. The highest BCUT2D eigenvalue weighted by molar-refractivity contribution is 5.68. The number of alkyl halides is 3. The summed E-state index contributed by atoms with van der Waals surface area (Å²) >= 11 is 0. The van der Waals surface area contributed by atoms with Crippen molar-refractivity contribution in [2.45, 2.75) is 45.5 Å². The highest BCUT2D eigenvalue weighted by atomic mass is 19.4. The third kappa shape index (κ3) is 6.59. The summed E-state index contributed by atoms with van der Waals surface area (Å²) in [5, 5.41) is 11.9. The molecule has 9 heteroatoms. The third-order valence-electron chi connectivity index (χ3n) is 2.31. The second kappa shape index (κ2) is 6.80. The van der Waals surface area contributed by atoms with E-state index >= 15 is 0 Å². The van der Waals surface area contributed by atoms with E-state index in [4.69, 9.17) is 4.74 Å². The molecule has 2 N–H and O–H groups in total. The number of carbonyl (C=O) groups excluding carboxylic acids is 1. The number of hydrogen-bond donors (Lipinski definition) is 2. The number of ether oxygens (including phenoxy) is 1. The van der Waals surface area contributed by atoms with Crippen LogP contribution in [0.25, 0.3) is 0 Å². The lowest BCUT2D eigenvalue weighted by molar-refractivity contribution is -0.141. The smallest absolute Gasteiger partial charge is 0.435 e. The third-order valence-corrected chi connectivity index (χ3v) is 2.31. The molecule has 1 rings (SSSR count). The van der Waals surface area contributed by atoms with E-state index in [9.17, 15) is 18.0 Å². The molecule has 1 aromatic heterocycles. The van der Waals surface area contributed by atoms with E-state index < -0.39 is 23.6 Å². The predicted molar refractivity (Wildman–Crippen MR) is 74.4 cm³/mol. The fourth-order valence-electron chi connectivity index (χ4n) is 1.40. The Morgan fingerprint density at radius 2 is 1.91 bits per heavy atom. The van der Waals surface area contributed by atoms with Crippen molar-refractivity contribution in [2.24, 2.45) is 0 Å². The lowest BCUT2D eigenvalue weighted by Crippen LogP contribution is -2.40. The molecule has 0 saturated carbocycles. The maximum Gasteiger partial charge on any atom is 0.435 e. The van der Waals surface area contributed by atoms with Crippen LogP contribution in [0.4, 0.5) is 23.8 Å². The first-order valence-electron chi connectivity index (χ1n) is 6.62. The second-order valence-corrected chi connectivity index (χ2v) is 5.73. The first-order valence-corrected chi connectivity index (χ1v) is 6.62. The molecule has 0 aromatic carbocycles. The molecule has 124 valence electrons. The number of hydrogen-bond acceptors (Lipinski definition) is 5. The number of aromatic nitrogens is 2. The molecule has 1 amide bonds. The second-order valence-electron chi connectivity index (χ2n) is 5.73. The van der Waals surface area contributed by atoms with Crippen molar-refractivity contribution in [1.82, 2.24) is 15.5 Å². The molecule has 0 saturated heterocycles. The van der Waals surface area contributed by atoms with Crippen LogP contribution in [0.1, 0.15) is 33.4 Å². The lowest BCUT2D eigenvalue weighted by Gasteiger charge is -2.22. The molecule has 0 spiro atoms. The summed E-state index contributed by atoms with van der Waals surface area (Å²) in [5.41, 5.74) is -1.66. The van der Waals surface area contributed by atoms with Gasteiger partial charge in [0.15, 0.2) is 5.69 Å². The molecule has 0 aliphatic heterocycles. The minimum atomic E-state index is -4.52. The van der Waals surface area contributed by atoms with E-state index in [1.165, 1.54) is 6.07 Å². The van der Waals surface area contributed by atoms with Crippen molar-refractivity contribution < 1.29 is 22.7 Å². The summed E-state index contributed by atoms with van der Waals surface area (Å²) in [6.07, 6.45) is -5.09. The molecule has 0 unspecified atom stereocenters. The number of halogens is 3. The molecule has 0 bridgehead atoms. The van der Waals surface area contributed by atoms with E-state index in [1.807, 2.05) is 0 Å². The number of amides is 1. The van der Waals surface area contributed by atoms with E-state index in [-0.39, 0.29) is 18.4 Å². The molecule has 1 heterocycles. The fraction of sp³-hybridized carbons (Fsp3) is 0.615. The van der Waals surface area contributed by atoms with Crippen molar-refractivity contribution in [3.8, 4) is 0 Å². The molecule has 0 radical (unpaired) electrons. The Kier molecular flexibility index (Phi) is 5.56. The Morgan fingerprint density at radius 3 is 2.36 bits per heavy atom. The van der Waals surface area contributed by atoms with Crippen LogP contribution in [0.2, 0.25) is 0 Å². The maximum atomic E-state index is 12.3. The zero-order chi connectivity index (χ0) is 17.0. The van der Waals surface area contributed by atoms with E-state index in [0.717, 1.165) is 6.07 Å². The van der Waals surface area contributed by atoms with Crippen LogP contribution in [-0.4, -0.2) is 34.5 Å². The number of nitrogens with one attached hydrogen (secondary N) is 2. The molecule has 0 aliphatic rings. The van der Waals surface area contributed by atoms with Gasteiger partial charge in [0, 0.05) is 12.6 Å². The normalized spacial score (nSPS) is 13.4. The topological polar surface area (TPSA) is 76.1 Å². The van der Waals surface area contributed by atoms with Crippen molar-refractivity contribution in [3.05, 3.63) is 17.8 Å². The van der Waals surface area contributed by atoms with Gasteiger partial charge in [-0.1, -0.05) is 0 Å². The highest BCUT2D eigenvalue weighted by Gasteiger charge is 2.32. The van der Waals surface area contributed by atoms with Crippen LogP contribution < -0.4 is 10.6 Å². The minimum absolute atomic E-state index is 0.186. The Hall–Kier alpha value is -2.06. The summed E-state index contributed by atoms with van der Waals surface area (Å²) < 4.78 is 42.1. The molecule has 6 nitrogen and oxygen atoms in total. The van der Waals surface area contributed by atoms with Gasteiger partial charge in [-0.25, -0.2) is 4.79 Å². The molecule has 22 heavy (non-hydrogen) atoms. The van der Waals surface area contributed by atoms with Crippen molar-refractivity contribution in [3.63, 3.8) is 0 Å². The van der Waals surface area contributed by atoms with Gasteiger partial charge in [-0.15, -0.1) is 10.2 Å². The zero-order valence-electron chi connectivity index (χ0n) is 12.8. The molecular formula is C13H19F3N4O2. The Balaban J connectivity index is 2.44. The first-order chi connectivity index (χ1) is 9.97. The fourth-order valence-corrected chi connectivity index (χ4v) is 1.40. The SMILES string of the molecule is C[C@H](CNc1ccc(C(F)(F)F)nn1)NC(=O)OC(C)(C)C. The Morgan fingerprint density at radius 1 is 1.27 bits per heavy atom. The average molecular weight is 320 g/mol. The maximum absolute atomic E-state index is 12.3. The van der Waals surface area contributed by atoms with Crippen LogP contribution in [0.3, 0.4) is 0 Å². The molecule has 0 fully saturated rings. The Labute approximate surface area is 126 Å². The average Bonchev–Trinajstić information content (AvgIpc) is 2.33. The van der Waals surface area contributed by atoms with Crippen LogP contribution in [0.15, 0.2) is 12.1 Å². The molecule has 0 aliphatic carbocycles. The summed E-state index contributed by atoms with van der Waals surface area (Å²) in [5.74, 6) is 0.186. The number of alkyl carbamates (subject to hydrolysis) is 1. The predicted octanol–water partition coefficient (Wildman–Crippen LogP) is 2.82. The van der Waals surface area contributed by atoms with Gasteiger partial charge < -0.3 is 15.4 Å². The van der Waals surface area contributed by atoms with Crippen molar-refractivity contribution >= 4 is 11.9 Å².